The predicted octanol–water partition coefficient (Wildman–Crippen LogP) is 5.04. The number of thiophene rings is 1. The van der Waals surface area contributed by atoms with E-state index in [1.165, 1.54) is 23.1 Å². The molecule has 0 atom stereocenters. The lowest BCUT2D eigenvalue weighted by Gasteiger charge is -2.11. The quantitative estimate of drug-likeness (QED) is 0.362. The predicted molar refractivity (Wildman–Crippen MR) is 112 cm³/mol. The summed E-state index contributed by atoms with van der Waals surface area (Å²) in [7, 11) is 0. The van der Waals surface area contributed by atoms with Crippen LogP contribution in [0.25, 0.3) is 26.3 Å². The van der Waals surface area contributed by atoms with Crippen LogP contribution in [-0.2, 0) is 0 Å². The first-order chi connectivity index (χ1) is 13.2. The van der Waals surface area contributed by atoms with Crippen LogP contribution in [0.3, 0.4) is 0 Å². The number of aryl methyl sites for hydroxylation is 1. The van der Waals surface area contributed by atoms with Crippen molar-refractivity contribution >= 4 is 33.3 Å². The molecule has 4 aromatic rings. The lowest BCUT2D eigenvalue weighted by Crippen LogP contribution is -2.21. The Bertz CT molecular complexity index is 1210. The van der Waals surface area contributed by atoms with Crippen molar-refractivity contribution in [1.82, 2.24) is 9.55 Å². The van der Waals surface area contributed by atoms with Gasteiger partial charge in [0.1, 0.15) is 4.83 Å². The van der Waals surface area contributed by atoms with Gasteiger partial charge in [-0.05, 0) is 30.2 Å². The molecule has 0 aliphatic carbocycles. The van der Waals surface area contributed by atoms with Crippen LogP contribution in [0.5, 0.6) is 0 Å². The standard InChI is InChI=1S/C21H15N3OS2/c1-14-17-19(27-18(14)15-8-4-2-5-9-15)23-21(26-13-12-22)24(20(17)25)16-10-6-3-7-11-16/h2-11H,13H2,1H3. The summed E-state index contributed by atoms with van der Waals surface area (Å²) < 4.78 is 1.61. The van der Waals surface area contributed by atoms with Gasteiger partial charge in [-0.1, -0.05) is 60.3 Å². The highest BCUT2D eigenvalue weighted by atomic mass is 32.2. The van der Waals surface area contributed by atoms with E-state index in [0.29, 0.717) is 15.4 Å². The van der Waals surface area contributed by atoms with Crippen molar-refractivity contribution in [3.8, 4) is 22.2 Å². The minimum atomic E-state index is -0.0948. The Labute approximate surface area is 164 Å². The summed E-state index contributed by atoms with van der Waals surface area (Å²) in [6.45, 7) is 1.97. The van der Waals surface area contributed by atoms with Gasteiger partial charge in [0.25, 0.3) is 5.56 Å². The van der Waals surface area contributed by atoms with Gasteiger partial charge in [-0.2, -0.15) is 5.26 Å². The van der Waals surface area contributed by atoms with Crippen molar-refractivity contribution in [2.24, 2.45) is 0 Å². The lowest BCUT2D eigenvalue weighted by atomic mass is 10.1. The zero-order valence-corrected chi connectivity index (χ0v) is 16.2. The SMILES string of the molecule is Cc1c(-c2ccccc2)sc2nc(SCC#N)n(-c3ccccc3)c(=O)c12. The van der Waals surface area contributed by atoms with E-state index in [9.17, 15) is 4.79 Å². The molecule has 0 aliphatic heterocycles. The molecule has 0 amide bonds. The normalized spacial score (nSPS) is 10.8. The molecule has 0 aliphatic rings. The van der Waals surface area contributed by atoms with Gasteiger partial charge < -0.3 is 0 Å². The van der Waals surface area contributed by atoms with Crippen molar-refractivity contribution in [2.45, 2.75) is 12.1 Å². The van der Waals surface area contributed by atoms with Crippen molar-refractivity contribution in [3.63, 3.8) is 0 Å². The molecule has 0 spiro atoms. The number of nitriles is 1. The summed E-state index contributed by atoms with van der Waals surface area (Å²) in [4.78, 5) is 19.9. The van der Waals surface area contributed by atoms with Crippen molar-refractivity contribution < 1.29 is 0 Å². The van der Waals surface area contributed by atoms with E-state index < -0.39 is 0 Å². The van der Waals surface area contributed by atoms with Gasteiger partial charge in [0.15, 0.2) is 5.16 Å². The summed E-state index contributed by atoms with van der Waals surface area (Å²) >= 11 is 2.80. The fraction of sp³-hybridized carbons (Fsp3) is 0.0952. The fourth-order valence-electron chi connectivity index (χ4n) is 3.03. The summed E-state index contributed by atoms with van der Waals surface area (Å²) in [6, 6.07) is 21.6. The molecule has 2 aromatic heterocycles. The molecule has 2 aromatic carbocycles. The van der Waals surface area contributed by atoms with E-state index in [4.69, 9.17) is 10.2 Å². The van der Waals surface area contributed by atoms with Gasteiger partial charge in [0.2, 0.25) is 0 Å². The molecule has 4 rings (SSSR count). The lowest BCUT2D eigenvalue weighted by molar-refractivity contribution is 0.823. The molecule has 6 heteroatoms. The highest BCUT2D eigenvalue weighted by Gasteiger charge is 2.19. The highest BCUT2D eigenvalue weighted by molar-refractivity contribution is 7.99. The number of para-hydroxylation sites is 1. The summed E-state index contributed by atoms with van der Waals surface area (Å²) in [5.74, 6) is 0.237. The van der Waals surface area contributed by atoms with Gasteiger partial charge in [-0.25, -0.2) is 4.98 Å². The highest BCUT2D eigenvalue weighted by Crippen LogP contribution is 2.36. The Morgan fingerprint density at radius 2 is 1.78 bits per heavy atom. The number of benzene rings is 2. The molecular formula is C21H15N3OS2. The van der Waals surface area contributed by atoms with Crippen LogP contribution in [-0.4, -0.2) is 15.3 Å². The Kier molecular flexibility index (Phi) is 4.80. The minimum Gasteiger partial charge on any atom is -0.268 e. The summed E-state index contributed by atoms with van der Waals surface area (Å²) in [5, 5.41) is 10.2. The van der Waals surface area contributed by atoms with Gasteiger partial charge >= 0.3 is 0 Å². The van der Waals surface area contributed by atoms with E-state index in [2.05, 4.69) is 6.07 Å². The van der Waals surface area contributed by atoms with Gasteiger partial charge in [-0.15, -0.1) is 11.3 Å². The van der Waals surface area contributed by atoms with Crippen molar-refractivity contribution in [1.29, 1.82) is 5.26 Å². The maximum absolute atomic E-state index is 13.4. The van der Waals surface area contributed by atoms with E-state index >= 15 is 0 Å². The number of fused-ring (bicyclic) bond motifs is 1. The van der Waals surface area contributed by atoms with Gasteiger partial charge in [-0.3, -0.25) is 9.36 Å². The van der Waals surface area contributed by atoms with Crippen LogP contribution in [0.1, 0.15) is 5.56 Å². The second-order valence-corrected chi connectivity index (χ2v) is 7.86. The molecule has 0 radical (unpaired) electrons. The molecular weight excluding hydrogens is 374 g/mol. The number of thioether (sulfide) groups is 1. The second-order valence-electron chi connectivity index (χ2n) is 5.92. The Morgan fingerprint density at radius 3 is 2.44 bits per heavy atom. The largest absolute Gasteiger partial charge is 0.268 e. The molecule has 0 bridgehead atoms. The molecule has 27 heavy (non-hydrogen) atoms. The van der Waals surface area contributed by atoms with Crippen LogP contribution in [0.15, 0.2) is 70.6 Å². The van der Waals surface area contributed by atoms with Gasteiger partial charge in [0.05, 0.1) is 22.9 Å². The maximum atomic E-state index is 13.4. The monoisotopic (exact) mass is 389 g/mol. The molecule has 132 valence electrons. The number of hydrogen-bond donors (Lipinski definition) is 0. The first kappa shape index (κ1) is 17.5. The number of hydrogen-bond acceptors (Lipinski definition) is 5. The van der Waals surface area contributed by atoms with Crippen LogP contribution in [0.4, 0.5) is 0 Å². The Hall–Kier alpha value is -2.88. The van der Waals surface area contributed by atoms with Gasteiger partial charge in [0, 0.05) is 4.88 Å². The first-order valence-corrected chi connectivity index (χ1v) is 10.2. The van der Waals surface area contributed by atoms with E-state index in [-0.39, 0.29) is 11.3 Å². The zero-order chi connectivity index (χ0) is 18.8. The first-order valence-electron chi connectivity index (χ1n) is 8.37. The average Bonchev–Trinajstić information content (AvgIpc) is 3.04. The molecule has 2 heterocycles. The second kappa shape index (κ2) is 7.39. The van der Waals surface area contributed by atoms with E-state index in [1.54, 1.807) is 4.57 Å². The molecule has 4 nitrogen and oxygen atoms in total. The third-order valence-corrected chi connectivity index (χ3v) is 6.29. The number of rotatable bonds is 4. The average molecular weight is 390 g/mol. The number of aromatic nitrogens is 2. The molecule has 0 saturated heterocycles. The third-order valence-electron chi connectivity index (χ3n) is 4.25. The van der Waals surface area contributed by atoms with Crippen LogP contribution in [0, 0.1) is 18.3 Å². The fourth-order valence-corrected chi connectivity index (χ4v) is 4.93. The molecule has 0 unspecified atom stereocenters. The summed E-state index contributed by atoms with van der Waals surface area (Å²) in [5.41, 5.74) is 2.68. The van der Waals surface area contributed by atoms with Crippen molar-refractivity contribution in [3.05, 3.63) is 76.6 Å². The smallest absolute Gasteiger partial charge is 0.267 e. The maximum Gasteiger partial charge on any atom is 0.267 e. The van der Waals surface area contributed by atoms with E-state index in [0.717, 1.165) is 21.7 Å². The Morgan fingerprint density at radius 1 is 1.11 bits per heavy atom. The summed E-state index contributed by atoms with van der Waals surface area (Å²) in [6.07, 6.45) is 0. The van der Waals surface area contributed by atoms with Crippen molar-refractivity contribution in [2.75, 3.05) is 5.75 Å². The molecule has 0 fully saturated rings. The van der Waals surface area contributed by atoms with Crippen LogP contribution < -0.4 is 5.56 Å². The zero-order valence-electron chi connectivity index (χ0n) is 14.5. The van der Waals surface area contributed by atoms with Crippen LogP contribution in [0.2, 0.25) is 0 Å². The van der Waals surface area contributed by atoms with Crippen LogP contribution >= 0.6 is 23.1 Å². The van der Waals surface area contributed by atoms with E-state index in [1.807, 2.05) is 67.6 Å². The topological polar surface area (TPSA) is 58.7 Å². The number of nitrogens with zero attached hydrogens (tertiary/aromatic N) is 3. The minimum absolute atomic E-state index is 0.0948. The molecule has 0 saturated carbocycles. The Balaban J connectivity index is 2.02. The third kappa shape index (κ3) is 3.16. The molecule has 0 N–H and O–H groups in total.